The molecule has 16 heavy (non-hydrogen) atoms. The fourth-order valence-corrected chi connectivity index (χ4v) is 1.09. The van der Waals surface area contributed by atoms with Crippen LogP contribution in [0.5, 0.6) is 0 Å². The van der Waals surface area contributed by atoms with Gasteiger partial charge in [-0.3, -0.25) is 14.4 Å². The Morgan fingerprint density at radius 2 is 2.00 bits per heavy atom. The van der Waals surface area contributed by atoms with Crippen molar-refractivity contribution in [1.82, 2.24) is 5.06 Å². The Kier molecular flexibility index (Phi) is 4.50. The molecule has 0 aliphatic carbocycles. The molecule has 0 saturated carbocycles. The number of imide groups is 1. The van der Waals surface area contributed by atoms with E-state index in [1.807, 2.05) is 6.92 Å². The van der Waals surface area contributed by atoms with E-state index in [1.54, 1.807) is 6.08 Å². The Labute approximate surface area is 92.8 Å². The Balaban J connectivity index is 2.34. The first-order valence-corrected chi connectivity index (χ1v) is 5.04. The third kappa shape index (κ3) is 3.38. The highest BCUT2D eigenvalue weighted by atomic mass is 16.8. The van der Waals surface area contributed by atoms with Crippen LogP contribution < -0.4 is 0 Å². The van der Waals surface area contributed by atoms with Gasteiger partial charge in [0.1, 0.15) is 0 Å². The molecule has 0 radical (unpaired) electrons. The maximum absolute atomic E-state index is 11.1. The minimum absolute atomic E-state index is 0.0672. The normalized spacial score (nSPS) is 15.9. The number of rotatable bonds is 4. The Bertz CT molecular complexity index is 307. The first-order chi connectivity index (χ1) is 7.65. The van der Waals surface area contributed by atoms with Crippen molar-refractivity contribution in [1.29, 1.82) is 0 Å². The van der Waals surface area contributed by atoms with Crippen LogP contribution in [0.1, 0.15) is 32.6 Å². The van der Waals surface area contributed by atoms with Gasteiger partial charge in [-0.15, -0.1) is 0 Å². The van der Waals surface area contributed by atoms with E-state index in [2.05, 4.69) is 9.57 Å². The van der Waals surface area contributed by atoms with Crippen molar-refractivity contribution in [3.8, 4) is 0 Å². The van der Waals surface area contributed by atoms with Gasteiger partial charge in [-0.1, -0.05) is 18.4 Å². The number of ether oxygens (including phenoxy) is 1. The van der Waals surface area contributed by atoms with E-state index in [-0.39, 0.29) is 12.8 Å². The molecule has 0 aromatic carbocycles. The summed E-state index contributed by atoms with van der Waals surface area (Å²) in [4.78, 5) is 37.6. The van der Waals surface area contributed by atoms with Crippen molar-refractivity contribution in [2.24, 2.45) is 0 Å². The Hall–Kier alpha value is -1.85. The lowest BCUT2D eigenvalue weighted by Gasteiger charge is -2.10. The van der Waals surface area contributed by atoms with Crippen LogP contribution in [-0.4, -0.2) is 23.0 Å². The minimum atomic E-state index is -1.09. The number of allylic oxidation sites excluding steroid dienone is 1. The van der Waals surface area contributed by atoms with Gasteiger partial charge in [-0.25, -0.2) is 4.79 Å². The highest BCUT2D eigenvalue weighted by molar-refractivity contribution is 6.01. The molecule has 1 fully saturated rings. The number of unbranched alkanes of at least 4 members (excludes halogenated alkanes) is 1. The largest absolute Gasteiger partial charge is 0.538 e. The van der Waals surface area contributed by atoms with Crippen LogP contribution in [0.3, 0.4) is 0 Å². The van der Waals surface area contributed by atoms with Gasteiger partial charge in [-0.05, 0) is 12.5 Å². The zero-order chi connectivity index (χ0) is 12.0. The summed E-state index contributed by atoms with van der Waals surface area (Å²) < 4.78 is 4.51. The summed E-state index contributed by atoms with van der Waals surface area (Å²) in [7, 11) is 0. The van der Waals surface area contributed by atoms with Crippen LogP contribution in [0.25, 0.3) is 0 Å². The fourth-order valence-electron chi connectivity index (χ4n) is 1.09. The molecule has 0 atom stereocenters. The second kappa shape index (κ2) is 5.89. The molecule has 1 aliphatic heterocycles. The third-order valence-corrected chi connectivity index (χ3v) is 1.89. The Morgan fingerprint density at radius 3 is 2.56 bits per heavy atom. The van der Waals surface area contributed by atoms with Crippen LogP contribution in [0, 0.1) is 0 Å². The molecular weight excluding hydrogens is 214 g/mol. The topological polar surface area (TPSA) is 72.9 Å². The predicted molar refractivity (Wildman–Crippen MR) is 52.7 cm³/mol. The smallest absolute Gasteiger partial charge is 0.402 e. The zero-order valence-corrected chi connectivity index (χ0v) is 8.97. The third-order valence-electron chi connectivity index (χ3n) is 1.89. The minimum Gasteiger partial charge on any atom is -0.402 e. The van der Waals surface area contributed by atoms with Crippen molar-refractivity contribution in [2.75, 3.05) is 0 Å². The van der Waals surface area contributed by atoms with Gasteiger partial charge in [0, 0.05) is 12.8 Å². The van der Waals surface area contributed by atoms with E-state index in [4.69, 9.17) is 0 Å². The highest BCUT2D eigenvalue weighted by Crippen LogP contribution is 2.12. The van der Waals surface area contributed by atoms with Crippen molar-refractivity contribution in [2.45, 2.75) is 32.6 Å². The number of hydrogen-bond acceptors (Lipinski definition) is 5. The van der Waals surface area contributed by atoms with E-state index in [0.29, 0.717) is 5.06 Å². The van der Waals surface area contributed by atoms with E-state index in [1.165, 1.54) is 6.26 Å². The standard InChI is InChI=1S/C10H13NO5/c1-2-3-4-7-15-10(14)16-11-8(12)5-6-9(11)13/h4,7H,2-3,5-6H2,1H3/b7-4+. The van der Waals surface area contributed by atoms with E-state index in [9.17, 15) is 14.4 Å². The van der Waals surface area contributed by atoms with Gasteiger partial charge in [0.25, 0.3) is 11.8 Å². The van der Waals surface area contributed by atoms with E-state index < -0.39 is 18.0 Å². The number of hydroxylamine groups is 2. The van der Waals surface area contributed by atoms with Gasteiger partial charge in [-0.2, -0.15) is 0 Å². The average molecular weight is 227 g/mol. The number of carbonyl (C=O) groups excluding carboxylic acids is 3. The summed E-state index contributed by atoms with van der Waals surface area (Å²) in [5, 5.41) is 0.440. The van der Waals surface area contributed by atoms with Crippen molar-refractivity contribution in [3.63, 3.8) is 0 Å². The van der Waals surface area contributed by atoms with Crippen LogP contribution in [0.15, 0.2) is 12.3 Å². The number of amides is 2. The van der Waals surface area contributed by atoms with Crippen molar-refractivity contribution < 1.29 is 24.0 Å². The molecular formula is C10H13NO5. The number of hydrogen-bond donors (Lipinski definition) is 0. The number of nitrogens with zero attached hydrogens (tertiary/aromatic N) is 1. The molecule has 0 N–H and O–H groups in total. The maximum Gasteiger partial charge on any atom is 0.538 e. The lowest BCUT2D eigenvalue weighted by molar-refractivity contribution is -0.175. The first kappa shape index (κ1) is 12.2. The van der Waals surface area contributed by atoms with Gasteiger partial charge in [0.05, 0.1) is 6.26 Å². The summed E-state index contributed by atoms with van der Waals surface area (Å²) in [5.41, 5.74) is 0. The van der Waals surface area contributed by atoms with Crippen molar-refractivity contribution >= 4 is 18.0 Å². The lowest BCUT2D eigenvalue weighted by Crippen LogP contribution is -2.31. The highest BCUT2D eigenvalue weighted by Gasteiger charge is 2.33. The van der Waals surface area contributed by atoms with E-state index >= 15 is 0 Å². The van der Waals surface area contributed by atoms with Gasteiger partial charge >= 0.3 is 6.16 Å². The molecule has 0 aromatic heterocycles. The second-order valence-corrected chi connectivity index (χ2v) is 3.20. The van der Waals surface area contributed by atoms with Crippen LogP contribution in [0.4, 0.5) is 4.79 Å². The molecule has 1 saturated heterocycles. The maximum atomic E-state index is 11.1. The van der Waals surface area contributed by atoms with Crippen molar-refractivity contribution in [3.05, 3.63) is 12.3 Å². The van der Waals surface area contributed by atoms with Gasteiger partial charge < -0.3 is 4.74 Å². The second-order valence-electron chi connectivity index (χ2n) is 3.20. The summed E-state index contributed by atoms with van der Waals surface area (Å²) in [6.07, 6.45) is 3.57. The van der Waals surface area contributed by atoms with E-state index in [0.717, 1.165) is 12.8 Å². The zero-order valence-electron chi connectivity index (χ0n) is 8.97. The molecule has 1 heterocycles. The fraction of sp³-hybridized carbons (Fsp3) is 0.500. The molecule has 0 unspecified atom stereocenters. The van der Waals surface area contributed by atoms with Gasteiger partial charge in [0.2, 0.25) is 0 Å². The molecule has 1 aliphatic rings. The monoisotopic (exact) mass is 227 g/mol. The molecule has 6 nitrogen and oxygen atoms in total. The molecule has 0 spiro atoms. The molecule has 1 rings (SSSR count). The predicted octanol–water partition coefficient (Wildman–Crippen LogP) is 1.52. The average Bonchev–Trinajstić information content (AvgIpc) is 2.56. The molecule has 88 valence electrons. The summed E-state index contributed by atoms with van der Waals surface area (Å²) >= 11 is 0. The molecule has 0 bridgehead atoms. The molecule has 6 heteroatoms. The SMILES string of the molecule is CCC/C=C/OC(=O)ON1C(=O)CCC1=O. The lowest BCUT2D eigenvalue weighted by atomic mass is 10.3. The Morgan fingerprint density at radius 1 is 1.38 bits per heavy atom. The van der Waals surface area contributed by atoms with Crippen LogP contribution in [0.2, 0.25) is 0 Å². The molecule has 2 amide bonds. The van der Waals surface area contributed by atoms with Crippen LogP contribution >= 0.6 is 0 Å². The summed E-state index contributed by atoms with van der Waals surface area (Å²) in [6.45, 7) is 1.98. The summed E-state index contributed by atoms with van der Waals surface area (Å²) in [6, 6.07) is 0. The summed E-state index contributed by atoms with van der Waals surface area (Å²) in [5.74, 6) is -1.06. The number of carbonyl (C=O) groups is 3. The quantitative estimate of drug-likeness (QED) is 0.413. The molecule has 0 aromatic rings. The first-order valence-electron chi connectivity index (χ1n) is 5.04. The van der Waals surface area contributed by atoms with Gasteiger partial charge in [0.15, 0.2) is 0 Å². The van der Waals surface area contributed by atoms with Crippen LogP contribution in [-0.2, 0) is 19.2 Å².